The Balaban J connectivity index is 1.75. The number of benzene rings is 2. The van der Waals surface area contributed by atoms with Gasteiger partial charge in [0.2, 0.25) is 5.91 Å². The molecule has 2 aromatic carbocycles. The minimum atomic E-state index is -4.43. The van der Waals surface area contributed by atoms with Crippen molar-refractivity contribution < 1.29 is 22.7 Å². The zero-order valence-electron chi connectivity index (χ0n) is 17.9. The summed E-state index contributed by atoms with van der Waals surface area (Å²) < 4.78 is 45.9. The number of nitrogens with zero attached hydrogens (tertiary/aromatic N) is 4. The summed E-state index contributed by atoms with van der Waals surface area (Å²) >= 11 is 0. The molecule has 11 heteroatoms. The van der Waals surface area contributed by atoms with Gasteiger partial charge < -0.3 is 16.2 Å². The van der Waals surface area contributed by atoms with Gasteiger partial charge in [-0.1, -0.05) is 0 Å². The molecular formula is C23H19F3N6O2. The molecule has 0 aliphatic rings. The maximum absolute atomic E-state index is 12.8. The number of nitrogen functional groups attached to an aromatic ring is 1. The molecule has 4 N–H and O–H groups in total. The first-order valence-corrected chi connectivity index (χ1v) is 10.00. The van der Waals surface area contributed by atoms with Crippen molar-refractivity contribution in [1.82, 2.24) is 19.7 Å². The molecule has 0 saturated carbocycles. The first kappa shape index (κ1) is 22.8. The summed E-state index contributed by atoms with van der Waals surface area (Å²) in [5.74, 6) is 0.494. The summed E-state index contributed by atoms with van der Waals surface area (Å²) in [5.41, 5.74) is 12.7. The highest BCUT2D eigenvalue weighted by molar-refractivity contribution is 5.81. The van der Waals surface area contributed by atoms with Gasteiger partial charge in [-0.2, -0.15) is 18.3 Å². The molecular weight excluding hydrogens is 449 g/mol. The molecule has 0 saturated heterocycles. The molecule has 2 aromatic heterocycles. The van der Waals surface area contributed by atoms with Crippen LogP contribution in [0, 0.1) is 0 Å². The number of carbonyl (C=O) groups is 1. The Morgan fingerprint density at radius 2 is 1.71 bits per heavy atom. The third kappa shape index (κ3) is 4.98. The molecule has 1 amide bonds. The van der Waals surface area contributed by atoms with Gasteiger partial charge >= 0.3 is 6.18 Å². The van der Waals surface area contributed by atoms with Gasteiger partial charge in [-0.3, -0.25) is 9.48 Å². The molecule has 0 radical (unpaired) electrons. The number of anilines is 1. The Kier molecular flexibility index (Phi) is 5.93. The Bertz CT molecular complexity index is 1350. The number of halogens is 3. The van der Waals surface area contributed by atoms with Gasteiger partial charge in [0.1, 0.15) is 17.3 Å². The van der Waals surface area contributed by atoms with Crippen molar-refractivity contribution in [2.24, 2.45) is 12.8 Å². The highest BCUT2D eigenvalue weighted by Crippen LogP contribution is 2.36. The fourth-order valence-corrected chi connectivity index (χ4v) is 3.39. The largest absolute Gasteiger partial charge is 0.457 e. The van der Waals surface area contributed by atoms with Crippen molar-refractivity contribution >= 4 is 11.7 Å². The number of nitrogens with two attached hydrogens (primary N) is 2. The van der Waals surface area contributed by atoms with Crippen LogP contribution in [0.15, 0.2) is 60.8 Å². The number of ether oxygens (including phenoxy) is 1. The quantitative estimate of drug-likeness (QED) is 0.442. The molecule has 174 valence electrons. The second-order valence-corrected chi connectivity index (χ2v) is 7.42. The number of hydrogen-bond donors (Lipinski definition) is 2. The molecule has 0 unspecified atom stereocenters. The van der Waals surface area contributed by atoms with Crippen molar-refractivity contribution in [2.75, 3.05) is 5.73 Å². The molecule has 0 aliphatic carbocycles. The fourth-order valence-electron chi connectivity index (χ4n) is 3.39. The van der Waals surface area contributed by atoms with Gasteiger partial charge in [0, 0.05) is 30.4 Å². The lowest BCUT2D eigenvalue weighted by Crippen LogP contribution is -2.15. The van der Waals surface area contributed by atoms with Crippen LogP contribution < -0.4 is 16.2 Å². The van der Waals surface area contributed by atoms with Crippen LogP contribution in [0.1, 0.15) is 11.3 Å². The van der Waals surface area contributed by atoms with E-state index < -0.39 is 17.6 Å². The van der Waals surface area contributed by atoms with E-state index in [2.05, 4.69) is 15.1 Å². The number of hydrogen-bond acceptors (Lipinski definition) is 6. The first-order valence-electron chi connectivity index (χ1n) is 10.00. The highest BCUT2D eigenvalue weighted by atomic mass is 19.4. The summed E-state index contributed by atoms with van der Waals surface area (Å²) in [5, 5.41) is 4.19. The van der Waals surface area contributed by atoms with Crippen LogP contribution in [0.4, 0.5) is 19.0 Å². The molecule has 2 heterocycles. The summed E-state index contributed by atoms with van der Waals surface area (Å²) in [6, 6.07) is 12.7. The van der Waals surface area contributed by atoms with Gasteiger partial charge in [-0.25, -0.2) is 9.97 Å². The number of amides is 1. The van der Waals surface area contributed by atoms with Crippen molar-refractivity contribution in [3.63, 3.8) is 0 Å². The first-order chi connectivity index (χ1) is 16.1. The summed E-state index contributed by atoms with van der Waals surface area (Å²) in [4.78, 5) is 20.1. The molecule has 0 spiro atoms. The van der Waals surface area contributed by atoms with Gasteiger partial charge in [0.25, 0.3) is 0 Å². The van der Waals surface area contributed by atoms with Gasteiger partial charge in [-0.15, -0.1) is 0 Å². The lowest BCUT2D eigenvalue weighted by molar-refractivity contribution is -0.137. The van der Waals surface area contributed by atoms with Crippen LogP contribution >= 0.6 is 0 Å². The summed E-state index contributed by atoms with van der Waals surface area (Å²) in [7, 11) is 1.75. The molecule has 8 nitrogen and oxygen atoms in total. The number of rotatable bonds is 6. The third-order valence-corrected chi connectivity index (χ3v) is 4.90. The number of primary amides is 1. The van der Waals surface area contributed by atoms with Crippen LogP contribution in [0.2, 0.25) is 0 Å². The van der Waals surface area contributed by atoms with E-state index >= 15 is 0 Å². The van der Waals surface area contributed by atoms with Gasteiger partial charge in [-0.05, 0) is 48.5 Å². The maximum atomic E-state index is 12.8. The van der Waals surface area contributed by atoms with Crippen LogP contribution in [-0.2, 0) is 24.4 Å². The average Bonchev–Trinajstić information content (AvgIpc) is 3.18. The fraction of sp³-hybridized carbons (Fsp3) is 0.130. The molecule has 0 bridgehead atoms. The van der Waals surface area contributed by atoms with E-state index in [-0.39, 0.29) is 23.8 Å². The Labute approximate surface area is 192 Å². The van der Waals surface area contributed by atoms with Crippen LogP contribution in [0.3, 0.4) is 0 Å². The van der Waals surface area contributed by atoms with Crippen LogP contribution in [0.5, 0.6) is 11.5 Å². The highest BCUT2D eigenvalue weighted by Gasteiger charge is 2.30. The van der Waals surface area contributed by atoms with Crippen molar-refractivity contribution in [3.05, 3.63) is 72.1 Å². The Morgan fingerprint density at radius 3 is 2.32 bits per heavy atom. The predicted octanol–water partition coefficient (Wildman–Crippen LogP) is 3.97. The molecule has 4 aromatic rings. The maximum Gasteiger partial charge on any atom is 0.416 e. The number of aromatic nitrogens is 4. The molecule has 4 rings (SSSR count). The summed E-state index contributed by atoms with van der Waals surface area (Å²) in [6.07, 6.45) is -2.92. The minimum absolute atomic E-state index is 0.101. The zero-order chi connectivity index (χ0) is 24.5. The van der Waals surface area contributed by atoms with Gasteiger partial charge in [0.15, 0.2) is 5.82 Å². The normalized spacial score (nSPS) is 11.4. The topological polar surface area (TPSA) is 122 Å². The second-order valence-electron chi connectivity index (χ2n) is 7.42. The molecule has 34 heavy (non-hydrogen) atoms. The van der Waals surface area contributed by atoms with Crippen molar-refractivity contribution in [3.8, 4) is 34.1 Å². The molecule has 0 atom stereocenters. The number of carbonyl (C=O) groups excluding carboxylic acids is 1. The second kappa shape index (κ2) is 8.85. The zero-order valence-corrected chi connectivity index (χ0v) is 17.9. The number of alkyl halides is 3. The van der Waals surface area contributed by atoms with E-state index in [0.29, 0.717) is 28.3 Å². The summed E-state index contributed by atoms with van der Waals surface area (Å²) in [6.45, 7) is 0. The minimum Gasteiger partial charge on any atom is -0.457 e. The van der Waals surface area contributed by atoms with E-state index in [1.165, 1.54) is 18.2 Å². The Morgan fingerprint density at radius 1 is 1.00 bits per heavy atom. The van der Waals surface area contributed by atoms with E-state index in [0.717, 1.165) is 12.1 Å². The monoisotopic (exact) mass is 468 g/mol. The van der Waals surface area contributed by atoms with E-state index in [1.807, 2.05) is 0 Å². The average molecular weight is 468 g/mol. The van der Waals surface area contributed by atoms with Crippen molar-refractivity contribution in [1.29, 1.82) is 0 Å². The third-order valence-electron chi connectivity index (χ3n) is 4.90. The lowest BCUT2D eigenvalue weighted by Gasteiger charge is -2.14. The van der Waals surface area contributed by atoms with Crippen molar-refractivity contribution in [2.45, 2.75) is 12.6 Å². The Hall–Kier alpha value is -4.41. The van der Waals surface area contributed by atoms with Gasteiger partial charge in [0.05, 0.1) is 23.4 Å². The predicted molar refractivity (Wildman–Crippen MR) is 118 cm³/mol. The lowest BCUT2D eigenvalue weighted by atomic mass is 10.0. The van der Waals surface area contributed by atoms with Crippen LogP contribution in [-0.4, -0.2) is 25.7 Å². The standard InChI is InChI=1S/C23H19F3N6O2/c1-32-19(8-9-29-32)18-12-16(34-15-4-2-13(3-5-15)23(24,25)26)6-7-17(18)22-30-14(11-21(28)33)10-20(27)31-22/h2-10,12H,11H2,1H3,(H2,28,33)(H2,27,30,31). The van der Waals surface area contributed by atoms with E-state index in [1.54, 1.807) is 42.2 Å². The molecule has 0 aliphatic heterocycles. The van der Waals surface area contributed by atoms with E-state index in [9.17, 15) is 18.0 Å². The number of aryl methyl sites for hydroxylation is 1. The SMILES string of the molecule is Cn1nccc1-c1cc(Oc2ccc(C(F)(F)F)cc2)ccc1-c1nc(N)cc(CC(N)=O)n1. The molecule has 0 fully saturated rings. The smallest absolute Gasteiger partial charge is 0.416 e. The van der Waals surface area contributed by atoms with E-state index in [4.69, 9.17) is 16.2 Å². The van der Waals surface area contributed by atoms with Crippen LogP contribution in [0.25, 0.3) is 22.6 Å².